The highest BCUT2D eigenvalue weighted by Gasteiger charge is 2.30. The van der Waals surface area contributed by atoms with E-state index in [2.05, 4.69) is 24.1 Å². The first-order valence-electron chi connectivity index (χ1n) is 16.2. The number of carbonyl (C=O) groups is 1. The van der Waals surface area contributed by atoms with Gasteiger partial charge in [-0.1, -0.05) is 33.8 Å². The molecule has 44 heavy (non-hydrogen) atoms. The molecule has 4 atom stereocenters. The van der Waals surface area contributed by atoms with E-state index in [4.69, 9.17) is 29.8 Å². The number of methoxy groups -OCH3 is 1. The number of morpholine rings is 1. The van der Waals surface area contributed by atoms with E-state index in [-0.39, 0.29) is 42.7 Å². The van der Waals surface area contributed by atoms with Crippen LogP contribution < -0.4 is 20.5 Å². The maximum atomic E-state index is 13.1. The minimum absolute atomic E-state index is 0. The van der Waals surface area contributed by atoms with Crippen molar-refractivity contribution in [3.8, 4) is 11.5 Å². The third-order valence-corrected chi connectivity index (χ3v) is 8.30. The first kappa shape index (κ1) is 40.4. The number of aliphatic hydroxyl groups excluding tert-OH is 2. The molecular formula is C33H60ClN3O7. The van der Waals surface area contributed by atoms with Crippen molar-refractivity contribution in [2.75, 3.05) is 72.9 Å². The fraction of sp³-hybridized carbons (Fsp3) is 0.788. The molecular weight excluding hydrogens is 586 g/mol. The molecule has 0 aliphatic carbocycles. The van der Waals surface area contributed by atoms with Crippen LogP contribution in [0.2, 0.25) is 0 Å². The molecule has 5 N–H and O–H groups in total. The van der Waals surface area contributed by atoms with E-state index >= 15 is 0 Å². The van der Waals surface area contributed by atoms with E-state index in [1.807, 2.05) is 32.0 Å². The fourth-order valence-corrected chi connectivity index (χ4v) is 5.35. The first-order valence-corrected chi connectivity index (χ1v) is 16.2. The molecule has 1 saturated heterocycles. The van der Waals surface area contributed by atoms with Crippen LogP contribution in [0.4, 0.5) is 0 Å². The van der Waals surface area contributed by atoms with E-state index < -0.39 is 12.1 Å². The Hall–Kier alpha value is -1.66. The van der Waals surface area contributed by atoms with Gasteiger partial charge in [-0.3, -0.25) is 9.69 Å². The highest BCUT2D eigenvalue weighted by atomic mass is 35.5. The van der Waals surface area contributed by atoms with Crippen molar-refractivity contribution in [2.24, 2.45) is 29.4 Å². The lowest BCUT2D eigenvalue weighted by molar-refractivity contribution is -0.127. The second-order valence-corrected chi connectivity index (χ2v) is 12.4. The molecule has 1 amide bonds. The van der Waals surface area contributed by atoms with Gasteiger partial charge < -0.3 is 40.2 Å². The van der Waals surface area contributed by atoms with Crippen molar-refractivity contribution in [3.63, 3.8) is 0 Å². The van der Waals surface area contributed by atoms with Crippen LogP contribution in [0.25, 0.3) is 0 Å². The van der Waals surface area contributed by atoms with Crippen LogP contribution in [0.5, 0.6) is 11.5 Å². The van der Waals surface area contributed by atoms with Crippen molar-refractivity contribution in [2.45, 2.75) is 71.9 Å². The molecule has 1 heterocycles. The summed E-state index contributed by atoms with van der Waals surface area (Å²) in [6, 6.07) is 5.55. The molecule has 1 aliphatic heterocycles. The van der Waals surface area contributed by atoms with Crippen LogP contribution in [0.15, 0.2) is 18.2 Å². The van der Waals surface area contributed by atoms with E-state index in [0.717, 1.165) is 51.3 Å². The topological polar surface area (TPSA) is 136 Å². The van der Waals surface area contributed by atoms with Gasteiger partial charge >= 0.3 is 0 Å². The predicted octanol–water partition coefficient (Wildman–Crippen LogP) is 3.29. The van der Waals surface area contributed by atoms with Crippen LogP contribution in [0.3, 0.4) is 0 Å². The summed E-state index contributed by atoms with van der Waals surface area (Å²) in [4.78, 5) is 15.4. The molecule has 1 aromatic rings. The molecule has 4 unspecified atom stereocenters. The summed E-state index contributed by atoms with van der Waals surface area (Å²) in [5.74, 6) is 1.67. The van der Waals surface area contributed by atoms with Gasteiger partial charge in [-0.05, 0) is 54.7 Å². The molecule has 1 aliphatic rings. The quantitative estimate of drug-likeness (QED) is 0.140. The molecule has 10 nitrogen and oxygen atoms in total. The summed E-state index contributed by atoms with van der Waals surface area (Å²) in [5.41, 5.74) is 7.70. The number of nitrogens with two attached hydrogens (primary N) is 1. The molecule has 2 rings (SSSR count). The lowest BCUT2D eigenvalue weighted by Gasteiger charge is -2.30. The van der Waals surface area contributed by atoms with Crippen molar-refractivity contribution in [1.82, 2.24) is 10.2 Å². The standard InChI is InChI=1S/C33H59N3O7.ClH/c1-24(2)27(20-26-8-9-31(42-16-6-14-37)32(21-26)43-17-7-15-40-5)22-29(34)30(38)23-28(25(3)4)33(39)35-10-11-36-12-18-41-19-13-36;/h8-9,21,24-25,27-30,37-38H,6-7,10-20,22-23,34H2,1-5H3,(H,35,39);1H. The second kappa shape index (κ2) is 22.8. The third-order valence-electron chi connectivity index (χ3n) is 8.30. The van der Waals surface area contributed by atoms with Crippen LogP contribution in [0, 0.1) is 23.7 Å². The summed E-state index contributed by atoms with van der Waals surface area (Å²) >= 11 is 0. The molecule has 256 valence electrons. The van der Waals surface area contributed by atoms with E-state index in [9.17, 15) is 9.90 Å². The molecule has 0 bridgehead atoms. The Labute approximate surface area is 271 Å². The first-order chi connectivity index (χ1) is 20.7. The number of nitrogens with zero attached hydrogens (tertiary/aromatic N) is 1. The monoisotopic (exact) mass is 645 g/mol. The minimum atomic E-state index is -0.777. The van der Waals surface area contributed by atoms with Crippen molar-refractivity contribution < 1.29 is 34.0 Å². The average molecular weight is 646 g/mol. The number of benzene rings is 1. The van der Waals surface area contributed by atoms with E-state index in [1.54, 1.807) is 7.11 Å². The summed E-state index contributed by atoms with van der Waals surface area (Å²) in [5, 5.41) is 23.3. The summed E-state index contributed by atoms with van der Waals surface area (Å²) < 4.78 is 22.4. The maximum absolute atomic E-state index is 13.1. The third kappa shape index (κ3) is 15.1. The van der Waals surface area contributed by atoms with E-state index in [0.29, 0.717) is 63.0 Å². The number of hydrogen-bond acceptors (Lipinski definition) is 9. The zero-order valence-electron chi connectivity index (χ0n) is 27.7. The Balaban J connectivity index is 0.00000968. The van der Waals surface area contributed by atoms with Gasteiger partial charge in [-0.25, -0.2) is 0 Å². The molecule has 1 fully saturated rings. The van der Waals surface area contributed by atoms with Crippen LogP contribution in [-0.4, -0.2) is 106 Å². The predicted molar refractivity (Wildman–Crippen MR) is 177 cm³/mol. The van der Waals surface area contributed by atoms with E-state index in [1.165, 1.54) is 0 Å². The summed E-state index contributed by atoms with van der Waals surface area (Å²) in [6.45, 7) is 14.6. The maximum Gasteiger partial charge on any atom is 0.223 e. The Morgan fingerprint density at radius 2 is 1.70 bits per heavy atom. The van der Waals surface area contributed by atoms with Gasteiger partial charge in [0.15, 0.2) is 11.5 Å². The van der Waals surface area contributed by atoms with Crippen LogP contribution in [-0.2, 0) is 20.7 Å². The molecule has 1 aromatic carbocycles. The van der Waals surface area contributed by atoms with Crippen LogP contribution in [0.1, 0.15) is 58.9 Å². The molecule has 0 saturated carbocycles. The lowest BCUT2D eigenvalue weighted by Crippen LogP contribution is -2.45. The second-order valence-electron chi connectivity index (χ2n) is 12.4. The van der Waals surface area contributed by atoms with Gasteiger partial charge in [0.05, 0.1) is 32.5 Å². The number of carbonyl (C=O) groups excluding carboxylic acids is 1. The van der Waals surface area contributed by atoms with Crippen molar-refractivity contribution >= 4 is 18.3 Å². The van der Waals surface area contributed by atoms with Gasteiger partial charge in [0.25, 0.3) is 0 Å². The number of halogens is 1. The Kier molecular flexibility index (Phi) is 20.9. The summed E-state index contributed by atoms with van der Waals surface area (Å²) in [7, 11) is 1.67. The molecule has 11 heteroatoms. The average Bonchev–Trinajstić information content (AvgIpc) is 2.98. The number of nitrogens with one attached hydrogen (secondary N) is 1. The van der Waals surface area contributed by atoms with Gasteiger partial charge in [-0.15, -0.1) is 12.4 Å². The SMILES string of the molecule is COCCCOc1cc(CC(CC(N)C(O)CC(C(=O)NCCN2CCOCC2)C(C)C)C(C)C)ccc1OCCCO.Cl. The minimum Gasteiger partial charge on any atom is -0.490 e. The Morgan fingerprint density at radius 3 is 2.34 bits per heavy atom. The lowest BCUT2D eigenvalue weighted by atomic mass is 9.81. The number of rotatable bonds is 22. The molecule has 0 aromatic heterocycles. The van der Waals surface area contributed by atoms with Gasteiger partial charge in [0.2, 0.25) is 5.91 Å². The van der Waals surface area contributed by atoms with Crippen molar-refractivity contribution in [3.05, 3.63) is 23.8 Å². The molecule has 0 radical (unpaired) electrons. The highest BCUT2D eigenvalue weighted by Crippen LogP contribution is 2.32. The van der Waals surface area contributed by atoms with Crippen LogP contribution >= 0.6 is 12.4 Å². The highest BCUT2D eigenvalue weighted by molar-refractivity contribution is 5.85. The zero-order valence-corrected chi connectivity index (χ0v) is 28.5. The summed E-state index contributed by atoms with van der Waals surface area (Å²) in [6.07, 6.45) is 2.29. The Bertz CT molecular complexity index is 902. The smallest absolute Gasteiger partial charge is 0.223 e. The fourth-order valence-electron chi connectivity index (χ4n) is 5.35. The van der Waals surface area contributed by atoms with Gasteiger partial charge in [0.1, 0.15) is 0 Å². The zero-order chi connectivity index (χ0) is 31.6. The number of aliphatic hydroxyl groups is 2. The largest absolute Gasteiger partial charge is 0.490 e. The van der Waals surface area contributed by atoms with Crippen molar-refractivity contribution in [1.29, 1.82) is 0 Å². The van der Waals surface area contributed by atoms with Gasteiger partial charge in [0, 0.05) is 71.3 Å². The Morgan fingerprint density at radius 1 is 1.02 bits per heavy atom. The normalized spacial score (nSPS) is 16.7. The molecule has 0 spiro atoms. The number of amides is 1. The number of ether oxygens (including phenoxy) is 4. The van der Waals surface area contributed by atoms with Gasteiger partial charge in [-0.2, -0.15) is 0 Å². The number of hydrogen-bond donors (Lipinski definition) is 4.